The molecule has 1 saturated carbocycles. The zero-order valence-electron chi connectivity index (χ0n) is 19.9. The van der Waals surface area contributed by atoms with Gasteiger partial charge in [0.05, 0.1) is 35.9 Å². The van der Waals surface area contributed by atoms with Gasteiger partial charge in [-0.3, -0.25) is 9.59 Å². The van der Waals surface area contributed by atoms with Gasteiger partial charge in [0, 0.05) is 17.2 Å². The van der Waals surface area contributed by atoms with Gasteiger partial charge in [-0.05, 0) is 49.6 Å². The number of carbonyl (C=O) groups excluding carboxylic acids is 2. The van der Waals surface area contributed by atoms with Gasteiger partial charge in [-0.2, -0.15) is 0 Å². The third-order valence-corrected chi connectivity index (χ3v) is 5.91. The lowest BCUT2D eigenvalue weighted by atomic mass is 10.1. The Balaban J connectivity index is 1.45. The molecule has 0 unspecified atom stereocenters. The van der Waals surface area contributed by atoms with E-state index in [1.54, 1.807) is 18.2 Å². The summed E-state index contributed by atoms with van der Waals surface area (Å²) in [7, 11) is 1.50. The number of aromatic nitrogens is 2. The Morgan fingerprint density at radius 1 is 1.22 bits per heavy atom. The van der Waals surface area contributed by atoms with Gasteiger partial charge in [0.2, 0.25) is 11.9 Å². The third-order valence-electron chi connectivity index (χ3n) is 5.48. The van der Waals surface area contributed by atoms with Gasteiger partial charge in [-0.25, -0.2) is 9.97 Å². The number of nitrogens with one attached hydrogen (secondary N) is 3. The van der Waals surface area contributed by atoms with Crippen LogP contribution >= 0.6 is 11.6 Å². The molecule has 0 saturated heterocycles. The Morgan fingerprint density at radius 3 is 2.64 bits per heavy atom. The second kappa shape index (κ2) is 11.1. The topological polar surface area (TPSA) is 114 Å². The highest BCUT2D eigenvalue weighted by atomic mass is 35.5. The van der Waals surface area contributed by atoms with E-state index in [-0.39, 0.29) is 24.5 Å². The normalized spacial score (nSPS) is 12.4. The minimum atomic E-state index is -0.322. The van der Waals surface area contributed by atoms with Crippen LogP contribution in [0.5, 0.6) is 11.5 Å². The van der Waals surface area contributed by atoms with Crippen LogP contribution in [-0.2, 0) is 11.4 Å². The molecule has 1 aliphatic carbocycles. The molecule has 1 aromatic heterocycles. The molecular formula is C26H26ClN5O4. The van der Waals surface area contributed by atoms with E-state index in [2.05, 4.69) is 32.5 Å². The quantitative estimate of drug-likeness (QED) is 0.338. The molecular weight excluding hydrogens is 482 g/mol. The molecule has 10 heteroatoms. The van der Waals surface area contributed by atoms with Crippen molar-refractivity contribution in [3.8, 4) is 11.5 Å². The van der Waals surface area contributed by atoms with Crippen LogP contribution in [0.2, 0.25) is 5.02 Å². The number of aryl methyl sites for hydroxylation is 1. The number of carbonyl (C=O) groups is 2. The smallest absolute Gasteiger partial charge is 0.251 e. The molecule has 0 atom stereocenters. The number of amides is 2. The molecule has 3 aromatic rings. The number of methoxy groups -OCH3 is 1. The van der Waals surface area contributed by atoms with Crippen molar-refractivity contribution in [2.24, 2.45) is 0 Å². The van der Waals surface area contributed by atoms with Crippen molar-refractivity contribution in [3.05, 3.63) is 77.1 Å². The van der Waals surface area contributed by atoms with Crippen LogP contribution in [0.1, 0.15) is 34.3 Å². The SMILES string of the molecule is C=CC(=O)Nc1cccc(C)c1Nc1ncc(OCc2cc(C(=O)NC3CC3)cc(OC)c2Cl)cn1. The second-order valence-electron chi connectivity index (χ2n) is 8.25. The fourth-order valence-corrected chi connectivity index (χ4v) is 3.63. The maximum atomic E-state index is 12.5. The van der Waals surface area contributed by atoms with E-state index < -0.39 is 0 Å². The number of hydrogen-bond donors (Lipinski definition) is 3. The summed E-state index contributed by atoms with van der Waals surface area (Å²) in [6.45, 7) is 5.47. The predicted octanol–water partition coefficient (Wildman–Crippen LogP) is 4.79. The summed E-state index contributed by atoms with van der Waals surface area (Å²) >= 11 is 6.45. The lowest BCUT2D eigenvalue weighted by Gasteiger charge is -2.15. The van der Waals surface area contributed by atoms with Crippen LogP contribution < -0.4 is 25.4 Å². The molecule has 0 aliphatic heterocycles. The summed E-state index contributed by atoms with van der Waals surface area (Å²) in [5, 5.41) is 9.21. The van der Waals surface area contributed by atoms with Crippen LogP contribution in [0.15, 0.2) is 55.4 Å². The summed E-state index contributed by atoms with van der Waals surface area (Å²) in [5.74, 6) is 0.634. The summed E-state index contributed by atoms with van der Waals surface area (Å²) in [6.07, 6.45) is 6.22. The zero-order valence-corrected chi connectivity index (χ0v) is 20.7. The van der Waals surface area contributed by atoms with Crippen LogP contribution in [0, 0.1) is 6.92 Å². The van der Waals surface area contributed by atoms with Gasteiger partial charge >= 0.3 is 0 Å². The van der Waals surface area contributed by atoms with E-state index in [4.69, 9.17) is 21.1 Å². The number of nitrogens with zero attached hydrogens (tertiary/aromatic N) is 2. The van der Waals surface area contributed by atoms with Crippen molar-refractivity contribution in [2.45, 2.75) is 32.4 Å². The number of benzene rings is 2. The molecule has 2 amide bonds. The van der Waals surface area contributed by atoms with Gasteiger partial charge in [0.25, 0.3) is 5.91 Å². The fourth-order valence-electron chi connectivity index (χ4n) is 3.39. The lowest BCUT2D eigenvalue weighted by molar-refractivity contribution is -0.111. The number of para-hydroxylation sites is 1. The minimum Gasteiger partial charge on any atom is -0.495 e. The van der Waals surface area contributed by atoms with Crippen LogP contribution in [0.25, 0.3) is 0 Å². The Hall–Kier alpha value is -4.11. The second-order valence-corrected chi connectivity index (χ2v) is 8.62. The Kier molecular flexibility index (Phi) is 7.70. The van der Waals surface area contributed by atoms with Crippen molar-refractivity contribution in [1.82, 2.24) is 15.3 Å². The summed E-state index contributed by atoms with van der Waals surface area (Å²) in [4.78, 5) is 32.9. The van der Waals surface area contributed by atoms with Crippen LogP contribution in [0.4, 0.5) is 17.3 Å². The van der Waals surface area contributed by atoms with E-state index in [0.29, 0.717) is 45.0 Å². The first kappa shape index (κ1) is 25.0. The van der Waals surface area contributed by atoms with E-state index >= 15 is 0 Å². The summed E-state index contributed by atoms with van der Waals surface area (Å²) in [5.41, 5.74) is 3.20. The summed E-state index contributed by atoms with van der Waals surface area (Å²) < 4.78 is 11.2. The number of ether oxygens (including phenoxy) is 2. The standard InChI is InChI=1S/C26H26ClN5O4/c1-4-22(33)31-20-7-5-6-15(2)24(20)32-26-28-12-19(13-29-26)36-14-17-10-16(11-21(35-3)23(17)27)25(34)30-18-8-9-18/h4-7,10-13,18H,1,8-9,14H2,2-3H3,(H,30,34)(H,31,33)(H,28,29,32). The third kappa shape index (κ3) is 6.11. The first-order valence-electron chi connectivity index (χ1n) is 11.3. The molecule has 9 nitrogen and oxygen atoms in total. The Bertz CT molecular complexity index is 1290. The molecule has 0 spiro atoms. The van der Waals surface area contributed by atoms with Crippen molar-refractivity contribution in [3.63, 3.8) is 0 Å². The monoisotopic (exact) mass is 507 g/mol. The highest BCUT2D eigenvalue weighted by molar-refractivity contribution is 6.33. The molecule has 1 heterocycles. The first-order valence-corrected chi connectivity index (χ1v) is 11.7. The highest BCUT2D eigenvalue weighted by Gasteiger charge is 2.25. The van der Waals surface area contributed by atoms with Gasteiger partial charge in [0.15, 0.2) is 5.75 Å². The first-order chi connectivity index (χ1) is 17.4. The lowest BCUT2D eigenvalue weighted by Crippen LogP contribution is -2.25. The molecule has 1 fully saturated rings. The van der Waals surface area contributed by atoms with E-state index in [1.165, 1.54) is 25.6 Å². The maximum Gasteiger partial charge on any atom is 0.251 e. The van der Waals surface area contributed by atoms with Crippen molar-refractivity contribution < 1.29 is 19.1 Å². The number of rotatable bonds is 10. The van der Waals surface area contributed by atoms with Crippen LogP contribution in [-0.4, -0.2) is 34.9 Å². The van der Waals surface area contributed by atoms with E-state index in [9.17, 15) is 9.59 Å². The molecule has 0 radical (unpaired) electrons. The van der Waals surface area contributed by atoms with Gasteiger partial charge in [0.1, 0.15) is 12.4 Å². The molecule has 0 bridgehead atoms. The van der Waals surface area contributed by atoms with Crippen molar-refractivity contribution in [2.75, 3.05) is 17.7 Å². The predicted molar refractivity (Wildman–Crippen MR) is 138 cm³/mol. The molecule has 3 N–H and O–H groups in total. The largest absolute Gasteiger partial charge is 0.495 e. The van der Waals surface area contributed by atoms with E-state index in [1.807, 2.05) is 19.1 Å². The highest BCUT2D eigenvalue weighted by Crippen LogP contribution is 2.32. The zero-order chi connectivity index (χ0) is 25.7. The summed E-state index contributed by atoms with van der Waals surface area (Å²) in [6, 6.07) is 9.05. The van der Waals surface area contributed by atoms with Crippen LogP contribution in [0.3, 0.4) is 0 Å². The average Bonchev–Trinajstić information content (AvgIpc) is 3.70. The number of anilines is 3. The molecule has 186 valence electrons. The molecule has 4 rings (SSSR count). The fraction of sp³-hybridized carbons (Fsp3) is 0.231. The van der Waals surface area contributed by atoms with Gasteiger partial charge in [-0.15, -0.1) is 0 Å². The molecule has 1 aliphatic rings. The number of halogens is 1. The van der Waals surface area contributed by atoms with Gasteiger partial charge in [-0.1, -0.05) is 30.3 Å². The Morgan fingerprint density at radius 2 is 1.97 bits per heavy atom. The van der Waals surface area contributed by atoms with E-state index in [0.717, 1.165) is 18.4 Å². The van der Waals surface area contributed by atoms with Crippen molar-refractivity contribution in [1.29, 1.82) is 0 Å². The minimum absolute atomic E-state index is 0.0887. The maximum absolute atomic E-state index is 12.5. The number of hydrogen-bond acceptors (Lipinski definition) is 7. The van der Waals surface area contributed by atoms with Crippen molar-refractivity contribution >= 4 is 40.7 Å². The molecule has 36 heavy (non-hydrogen) atoms. The molecule has 2 aromatic carbocycles. The average molecular weight is 508 g/mol. The van der Waals surface area contributed by atoms with Gasteiger partial charge < -0.3 is 25.4 Å². The Labute approximate surface area is 213 Å².